The number of likely N-dealkylation sites (N-methyl/N-ethyl adjacent to an activating group) is 1. The van der Waals surface area contributed by atoms with Crippen molar-refractivity contribution in [3.8, 4) is 0 Å². The molecule has 0 saturated heterocycles. The van der Waals surface area contributed by atoms with Gasteiger partial charge in [0.15, 0.2) is 0 Å². The number of carbonyl (C=O) groups is 2. The van der Waals surface area contributed by atoms with Gasteiger partial charge < -0.3 is 15.3 Å². The summed E-state index contributed by atoms with van der Waals surface area (Å²) in [6.07, 6.45) is 0.823. The van der Waals surface area contributed by atoms with E-state index in [0.717, 1.165) is 24.3 Å². The lowest BCUT2D eigenvalue weighted by Gasteiger charge is -2.28. The van der Waals surface area contributed by atoms with Crippen molar-refractivity contribution in [1.29, 1.82) is 0 Å². The number of benzene rings is 1. The number of rotatable bonds is 8. The third kappa shape index (κ3) is 5.95. The fraction of sp³-hybridized carbons (Fsp3) is 0.500. The Morgan fingerprint density at radius 1 is 1.19 bits per heavy atom. The van der Waals surface area contributed by atoms with Gasteiger partial charge >= 0.3 is 5.97 Å². The normalized spacial score (nSPS) is 12.2. The average molecular weight is 292 g/mol. The molecule has 1 atom stereocenters. The maximum Gasteiger partial charge on any atom is 0.304 e. The van der Waals surface area contributed by atoms with Gasteiger partial charge in [-0.2, -0.15) is 0 Å². The second kappa shape index (κ2) is 8.42. The molecule has 2 N–H and O–H groups in total. The van der Waals surface area contributed by atoms with Gasteiger partial charge in [0.2, 0.25) is 5.91 Å². The number of amides is 1. The molecule has 0 aliphatic carbocycles. The minimum atomic E-state index is -0.776. The number of carboxylic acid groups (broad SMARTS) is 1. The monoisotopic (exact) mass is 292 g/mol. The molecule has 1 unspecified atom stereocenters. The Hall–Kier alpha value is -1.88. The standard InChI is InChI=1S/C16H24N2O3/c1-4-18(5-2)15(11-16(20)21)10-13-6-8-14(9-7-13)17-12(3)19/h6-9,15H,4-5,10-11H2,1-3H3,(H,17,19)(H,20,21). The van der Waals surface area contributed by atoms with Gasteiger partial charge in [0.25, 0.3) is 0 Å². The van der Waals surface area contributed by atoms with Crippen LogP contribution in [0.2, 0.25) is 0 Å². The molecule has 116 valence electrons. The van der Waals surface area contributed by atoms with Crippen LogP contribution in [-0.2, 0) is 16.0 Å². The van der Waals surface area contributed by atoms with E-state index in [9.17, 15) is 9.59 Å². The number of anilines is 1. The molecular weight excluding hydrogens is 268 g/mol. The zero-order valence-corrected chi connectivity index (χ0v) is 12.9. The molecule has 0 aliphatic heterocycles. The first-order valence-corrected chi connectivity index (χ1v) is 7.28. The molecule has 5 heteroatoms. The highest BCUT2D eigenvalue weighted by molar-refractivity contribution is 5.88. The van der Waals surface area contributed by atoms with Crippen LogP contribution in [-0.4, -0.2) is 41.0 Å². The van der Waals surface area contributed by atoms with Gasteiger partial charge in [0.1, 0.15) is 0 Å². The summed E-state index contributed by atoms with van der Waals surface area (Å²) in [5.74, 6) is -0.878. The van der Waals surface area contributed by atoms with E-state index in [-0.39, 0.29) is 18.4 Å². The third-order valence-electron chi connectivity index (χ3n) is 3.48. The van der Waals surface area contributed by atoms with Crippen LogP contribution < -0.4 is 5.32 Å². The van der Waals surface area contributed by atoms with Crippen molar-refractivity contribution < 1.29 is 14.7 Å². The number of hydrogen-bond donors (Lipinski definition) is 2. The summed E-state index contributed by atoms with van der Waals surface area (Å²) in [5, 5.41) is 11.8. The van der Waals surface area contributed by atoms with E-state index in [2.05, 4.69) is 10.2 Å². The SMILES string of the molecule is CCN(CC)C(CC(=O)O)Cc1ccc(NC(C)=O)cc1. The lowest BCUT2D eigenvalue weighted by atomic mass is 10.0. The second-order valence-corrected chi connectivity index (χ2v) is 5.06. The zero-order chi connectivity index (χ0) is 15.8. The van der Waals surface area contributed by atoms with Crippen molar-refractivity contribution >= 4 is 17.6 Å². The lowest BCUT2D eigenvalue weighted by Crippen LogP contribution is -2.38. The first kappa shape index (κ1) is 17.2. The molecular formula is C16H24N2O3. The van der Waals surface area contributed by atoms with Crippen LogP contribution in [0, 0.1) is 0 Å². The van der Waals surface area contributed by atoms with E-state index in [0.29, 0.717) is 6.42 Å². The Bertz CT molecular complexity index is 467. The predicted octanol–water partition coefficient (Wildman–Crippen LogP) is 2.37. The van der Waals surface area contributed by atoms with Gasteiger partial charge in [-0.05, 0) is 37.2 Å². The molecule has 0 aromatic heterocycles. The van der Waals surface area contributed by atoms with Crippen LogP contribution in [0.15, 0.2) is 24.3 Å². The molecule has 0 fully saturated rings. The predicted molar refractivity (Wildman–Crippen MR) is 83.4 cm³/mol. The maximum atomic E-state index is 11.0. The molecule has 0 bridgehead atoms. The van der Waals surface area contributed by atoms with Gasteiger partial charge in [-0.25, -0.2) is 0 Å². The van der Waals surface area contributed by atoms with Crippen molar-refractivity contribution in [3.05, 3.63) is 29.8 Å². The highest BCUT2D eigenvalue weighted by atomic mass is 16.4. The van der Waals surface area contributed by atoms with Crippen LogP contribution in [0.25, 0.3) is 0 Å². The maximum absolute atomic E-state index is 11.0. The molecule has 1 rings (SSSR count). The highest BCUT2D eigenvalue weighted by Gasteiger charge is 2.19. The first-order valence-electron chi connectivity index (χ1n) is 7.28. The molecule has 1 aromatic carbocycles. The number of carboxylic acids is 1. The van der Waals surface area contributed by atoms with Gasteiger partial charge in [0.05, 0.1) is 6.42 Å². The van der Waals surface area contributed by atoms with Gasteiger partial charge in [0, 0.05) is 18.7 Å². The summed E-state index contributed by atoms with van der Waals surface area (Å²) in [6, 6.07) is 7.55. The Morgan fingerprint density at radius 2 is 1.76 bits per heavy atom. The lowest BCUT2D eigenvalue weighted by molar-refractivity contribution is -0.138. The molecule has 0 saturated carbocycles. The Labute approximate surface area is 126 Å². The zero-order valence-electron chi connectivity index (χ0n) is 12.9. The molecule has 0 heterocycles. The van der Waals surface area contributed by atoms with E-state index in [1.807, 2.05) is 38.1 Å². The minimum absolute atomic E-state index is 0.0101. The van der Waals surface area contributed by atoms with Crippen molar-refractivity contribution in [2.75, 3.05) is 18.4 Å². The van der Waals surface area contributed by atoms with Gasteiger partial charge in [-0.3, -0.25) is 9.59 Å². The smallest absolute Gasteiger partial charge is 0.304 e. The number of hydrogen-bond acceptors (Lipinski definition) is 3. The second-order valence-electron chi connectivity index (χ2n) is 5.06. The fourth-order valence-electron chi connectivity index (χ4n) is 2.47. The molecule has 1 amide bonds. The van der Waals surface area contributed by atoms with Crippen molar-refractivity contribution in [3.63, 3.8) is 0 Å². The minimum Gasteiger partial charge on any atom is -0.481 e. The molecule has 0 aliphatic rings. The summed E-state index contributed by atoms with van der Waals surface area (Å²) < 4.78 is 0. The average Bonchev–Trinajstić information content (AvgIpc) is 2.41. The van der Waals surface area contributed by atoms with Crippen molar-refractivity contribution in [2.45, 2.75) is 39.7 Å². The van der Waals surface area contributed by atoms with Crippen molar-refractivity contribution in [1.82, 2.24) is 4.90 Å². The molecule has 0 radical (unpaired) electrons. The topological polar surface area (TPSA) is 69.6 Å². The number of nitrogens with zero attached hydrogens (tertiary/aromatic N) is 1. The largest absolute Gasteiger partial charge is 0.481 e. The van der Waals surface area contributed by atoms with Crippen LogP contribution in [0.3, 0.4) is 0 Å². The van der Waals surface area contributed by atoms with E-state index >= 15 is 0 Å². The molecule has 0 spiro atoms. The summed E-state index contributed by atoms with van der Waals surface area (Å²) >= 11 is 0. The van der Waals surface area contributed by atoms with E-state index < -0.39 is 5.97 Å². The van der Waals surface area contributed by atoms with Gasteiger partial charge in [-0.15, -0.1) is 0 Å². The summed E-state index contributed by atoms with van der Waals surface area (Å²) in [5.41, 5.74) is 1.83. The highest BCUT2D eigenvalue weighted by Crippen LogP contribution is 2.15. The quantitative estimate of drug-likeness (QED) is 0.772. The van der Waals surface area contributed by atoms with Crippen LogP contribution in [0.4, 0.5) is 5.69 Å². The summed E-state index contributed by atoms with van der Waals surface area (Å²) in [6.45, 7) is 7.21. The Kier molecular flexibility index (Phi) is 6.88. The van der Waals surface area contributed by atoms with Crippen LogP contribution in [0.1, 0.15) is 32.8 Å². The summed E-state index contributed by atoms with van der Waals surface area (Å²) in [7, 11) is 0. The van der Waals surface area contributed by atoms with E-state index in [4.69, 9.17) is 5.11 Å². The fourth-order valence-corrected chi connectivity index (χ4v) is 2.47. The number of carbonyl (C=O) groups excluding carboxylic acids is 1. The van der Waals surface area contributed by atoms with E-state index in [1.54, 1.807) is 0 Å². The first-order chi connectivity index (χ1) is 9.96. The van der Waals surface area contributed by atoms with Gasteiger partial charge in [-0.1, -0.05) is 26.0 Å². The van der Waals surface area contributed by atoms with E-state index in [1.165, 1.54) is 6.92 Å². The van der Waals surface area contributed by atoms with Crippen molar-refractivity contribution in [2.24, 2.45) is 0 Å². The Morgan fingerprint density at radius 3 is 2.19 bits per heavy atom. The summed E-state index contributed by atoms with van der Waals surface area (Å²) in [4.78, 5) is 24.2. The third-order valence-corrected chi connectivity index (χ3v) is 3.48. The van der Waals surface area contributed by atoms with Crippen LogP contribution >= 0.6 is 0 Å². The van der Waals surface area contributed by atoms with Crippen LogP contribution in [0.5, 0.6) is 0 Å². The number of aliphatic carboxylic acids is 1. The number of nitrogens with one attached hydrogen (secondary N) is 1. The Balaban J connectivity index is 2.77. The molecule has 5 nitrogen and oxygen atoms in total. The molecule has 1 aromatic rings. The molecule has 21 heavy (non-hydrogen) atoms.